The molecule has 2 fully saturated rings. The van der Waals surface area contributed by atoms with Crippen LogP contribution >= 0.6 is 11.6 Å². The van der Waals surface area contributed by atoms with Crippen molar-refractivity contribution in [3.8, 4) is 0 Å². The smallest absolute Gasteiger partial charge is 0.228 e. The third kappa shape index (κ3) is 4.29. The summed E-state index contributed by atoms with van der Waals surface area (Å²) < 4.78 is 5.41. The summed E-state index contributed by atoms with van der Waals surface area (Å²) in [7, 11) is 0. The van der Waals surface area contributed by atoms with Crippen molar-refractivity contribution in [2.75, 3.05) is 41.8 Å². The third-order valence-corrected chi connectivity index (χ3v) is 5.30. The van der Waals surface area contributed by atoms with Crippen LogP contribution in [0.5, 0.6) is 0 Å². The summed E-state index contributed by atoms with van der Waals surface area (Å²) in [6.07, 6.45) is 0.554. The number of para-hydroxylation sites is 2. The van der Waals surface area contributed by atoms with Gasteiger partial charge in [0.1, 0.15) is 0 Å². The van der Waals surface area contributed by atoms with Gasteiger partial charge in [0, 0.05) is 23.8 Å². The Morgan fingerprint density at radius 3 is 2.43 bits per heavy atom. The fourth-order valence-corrected chi connectivity index (χ4v) is 3.65. The first-order valence-electron chi connectivity index (χ1n) is 9.41. The maximum absolute atomic E-state index is 12.7. The van der Waals surface area contributed by atoms with Crippen molar-refractivity contribution >= 4 is 40.5 Å². The van der Waals surface area contributed by atoms with Gasteiger partial charge in [-0.2, -0.15) is 0 Å². The molecule has 7 heteroatoms. The molecular weight excluding hydrogens is 378 g/mol. The van der Waals surface area contributed by atoms with E-state index in [1.807, 2.05) is 24.3 Å². The number of morpholine rings is 1. The highest BCUT2D eigenvalue weighted by molar-refractivity contribution is 6.30. The largest absolute Gasteiger partial charge is 0.378 e. The summed E-state index contributed by atoms with van der Waals surface area (Å²) in [4.78, 5) is 27.3. The molecule has 0 radical (unpaired) electrons. The van der Waals surface area contributed by atoms with Crippen molar-refractivity contribution in [1.82, 2.24) is 0 Å². The number of nitrogens with zero attached hydrogens (tertiary/aromatic N) is 1. The van der Waals surface area contributed by atoms with Gasteiger partial charge in [0.2, 0.25) is 11.8 Å². The Morgan fingerprint density at radius 2 is 1.68 bits per heavy atom. The Kier molecular flexibility index (Phi) is 5.50. The first-order chi connectivity index (χ1) is 13.6. The lowest BCUT2D eigenvalue weighted by Crippen LogP contribution is -2.36. The molecule has 2 atom stereocenters. The van der Waals surface area contributed by atoms with E-state index in [0.717, 1.165) is 24.5 Å². The lowest BCUT2D eigenvalue weighted by atomic mass is 10.2. The Labute approximate surface area is 168 Å². The fourth-order valence-electron chi connectivity index (χ4n) is 3.46. The van der Waals surface area contributed by atoms with Gasteiger partial charge >= 0.3 is 0 Å². The van der Waals surface area contributed by atoms with E-state index < -0.39 is 0 Å². The summed E-state index contributed by atoms with van der Waals surface area (Å²) >= 11 is 5.94. The normalized spacial score (nSPS) is 21.1. The van der Waals surface area contributed by atoms with Crippen LogP contribution < -0.4 is 15.5 Å². The van der Waals surface area contributed by atoms with Crippen LogP contribution in [-0.2, 0) is 14.3 Å². The van der Waals surface area contributed by atoms with Crippen molar-refractivity contribution in [2.24, 2.45) is 11.8 Å². The van der Waals surface area contributed by atoms with Crippen molar-refractivity contribution in [1.29, 1.82) is 0 Å². The molecule has 2 N–H and O–H groups in total. The van der Waals surface area contributed by atoms with Crippen LogP contribution in [-0.4, -0.2) is 38.1 Å². The molecule has 0 bridgehead atoms. The van der Waals surface area contributed by atoms with E-state index in [1.165, 1.54) is 0 Å². The molecule has 2 aliphatic rings. The summed E-state index contributed by atoms with van der Waals surface area (Å²) in [6.45, 7) is 2.94. The number of hydrogen-bond donors (Lipinski definition) is 2. The molecule has 2 unspecified atom stereocenters. The molecule has 28 heavy (non-hydrogen) atoms. The van der Waals surface area contributed by atoms with Gasteiger partial charge < -0.3 is 20.3 Å². The molecular formula is C21H22ClN3O3. The highest BCUT2D eigenvalue weighted by Crippen LogP contribution is 2.41. The van der Waals surface area contributed by atoms with Gasteiger partial charge in [0.15, 0.2) is 0 Å². The molecule has 6 nitrogen and oxygen atoms in total. The second kappa shape index (κ2) is 8.20. The summed E-state index contributed by atoms with van der Waals surface area (Å²) in [6, 6.07) is 14.7. The second-order valence-electron chi connectivity index (χ2n) is 7.05. The molecule has 2 aromatic carbocycles. The Bertz CT molecular complexity index is 883. The van der Waals surface area contributed by atoms with Crippen LogP contribution in [0.1, 0.15) is 6.42 Å². The number of rotatable bonds is 5. The molecule has 1 heterocycles. The molecule has 0 spiro atoms. The second-order valence-corrected chi connectivity index (χ2v) is 7.49. The zero-order chi connectivity index (χ0) is 19.5. The number of anilines is 3. The number of carbonyl (C=O) groups excluding carboxylic acids is 2. The van der Waals surface area contributed by atoms with Crippen LogP contribution in [0.2, 0.25) is 5.02 Å². The molecule has 1 saturated carbocycles. The predicted molar refractivity (Wildman–Crippen MR) is 110 cm³/mol. The van der Waals surface area contributed by atoms with Gasteiger partial charge in [-0.3, -0.25) is 9.59 Å². The number of hydrogen-bond acceptors (Lipinski definition) is 4. The van der Waals surface area contributed by atoms with Crippen LogP contribution in [0.4, 0.5) is 17.1 Å². The van der Waals surface area contributed by atoms with Crippen LogP contribution in [0.25, 0.3) is 0 Å². The third-order valence-electron chi connectivity index (χ3n) is 5.07. The highest BCUT2D eigenvalue weighted by atomic mass is 35.5. The maximum Gasteiger partial charge on any atom is 0.228 e. The van der Waals surface area contributed by atoms with Gasteiger partial charge in [0.25, 0.3) is 0 Å². The highest BCUT2D eigenvalue weighted by Gasteiger charge is 2.48. The molecule has 1 aliphatic carbocycles. The molecule has 1 aliphatic heterocycles. The van der Waals surface area contributed by atoms with E-state index in [1.54, 1.807) is 24.3 Å². The van der Waals surface area contributed by atoms with E-state index >= 15 is 0 Å². The Hall–Kier alpha value is -2.57. The van der Waals surface area contributed by atoms with E-state index in [9.17, 15) is 9.59 Å². The average Bonchev–Trinajstić information content (AvgIpc) is 3.50. The quantitative estimate of drug-likeness (QED) is 0.808. The van der Waals surface area contributed by atoms with E-state index in [4.69, 9.17) is 16.3 Å². The summed E-state index contributed by atoms with van der Waals surface area (Å²) in [5, 5.41) is 6.39. The maximum atomic E-state index is 12.7. The van der Waals surface area contributed by atoms with Crippen molar-refractivity contribution in [2.45, 2.75) is 6.42 Å². The number of amides is 2. The number of carbonyl (C=O) groups is 2. The van der Waals surface area contributed by atoms with Crippen molar-refractivity contribution < 1.29 is 14.3 Å². The van der Waals surface area contributed by atoms with Crippen molar-refractivity contribution in [3.63, 3.8) is 0 Å². The van der Waals surface area contributed by atoms with Gasteiger partial charge in [0.05, 0.1) is 36.4 Å². The summed E-state index contributed by atoms with van der Waals surface area (Å²) in [5.74, 6) is -0.887. The van der Waals surface area contributed by atoms with Gasteiger partial charge in [-0.15, -0.1) is 0 Å². The van der Waals surface area contributed by atoms with E-state index in [2.05, 4.69) is 15.5 Å². The lowest BCUT2D eigenvalue weighted by Gasteiger charge is -2.30. The van der Waals surface area contributed by atoms with Crippen LogP contribution in [0.3, 0.4) is 0 Å². The monoisotopic (exact) mass is 399 g/mol. The molecule has 4 rings (SSSR count). The minimum Gasteiger partial charge on any atom is -0.378 e. The fraction of sp³-hybridized carbons (Fsp3) is 0.333. The zero-order valence-electron chi connectivity index (χ0n) is 15.4. The standard InChI is InChI=1S/C21H22ClN3O3/c22-14-4-3-5-15(12-14)23-20(26)16-13-17(16)21(27)24-18-6-1-2-7-19(18)25-8-10-28-11-9-25/h1-7,12,16-17H,8-11,13H2,(H,23,26)(H,24,27). The first kappa shape index (κ1) is 18.8. The Morgan fingerprint density at radius 1 is 0.964 bits per heavy atom. The van der Waals surface area contributed by atoms with Crippen LogP contribution in [0.15, 0.2) is 48.5 Å². The molecule has 0 aromatic heterocycles. The molecule has 2 amide bonds. The SMILES string of the molecule is O=C(Nc1cccc(Cl)c1)C1CC1C(=O)Nc1ccccc1N1CCOCC1. The number of halogens is 1. The molecule has 1 saturated heterocycles. The average molecular weight is 400 g/mol. The van der Waals surface area contributed by atoms with Gasteiger partial charge in [-0.05, 0) is 36.8 Å². The molecule has 146 valence electrons. The minimum absolute atomic E-state index is 0.119. The Balaban J connectivity index is 1.37. The van der Waals surface area contributed by atoms with E-state index in [-0.39, 0.29) is 23.7 Å². The number of nitrogens with one attached hydrogen (secondary N) is 2. The number of ether oxygens (including phenoxy) is 1. The van der Waals surface area contributed by atoms with Crippen LogP contribution in [0, 0.1) is 11.8 Å². The van der Waals surface area contributed by atoms with Gasteiger partial charge in [-0.25, -0.2) is 0 Å². The van der Waals surface area contributed by atoms with E-state index in [0.29, 0.717) is 30.3 Å². The van der Waals surface area contributed by atoms with Gasteiger partial charge in [-0.1, -0.05) is 29.8 Å². The zero-order valence-corrected chi connectivity index (χ0v) is 16.1. The number of benzene rings is 2. The molecule has 2 aromatic rings. The lowest BCUT2D eigenvalue weighted by molar-refractivity contribution is -0.122. The first-order valence-corrected chi connectivity index (χ1v) is 9.78. The summed E-state index contributed by atoms with van der Waals surface area (Å²) in [5.41, 5.74) is 2.40. The topological polar surface area (TPSA) is 70.7 Å². The predicted octanol–water partition coefficient (Wildman–Crippen LogP) is 3.39. The van der Waals surface area contributed by atoms with Crippen molar-refractivity contribution in [3.05, 3.63) is 53.6 Å². The minimum atomic E-state index is -0.311.